The van der Waals surface area contributed by atoms with Crippen molar-refractivity contribution in [3.63, 3.8) is 0 Å². The summed E-state index contributed by atoms with van der Waals surface area (Å²) in [4.78, 5) is 0. The lowest BCUT2D eigenvalue weighted by Crippen LogP contribution is -2.18. The minimum atomic E-state index is -3.01. The third kappa shape index (κ3) is 254. The van der Waals surface area contributed by atoms with Crippen LogP contribution in [0.15, 0.2) is 0 Å². The van der Waals surface area contributed by atoms with Crippen LogP contribution < -0.4 is 5.83 Å². The van der Waals surface area contributed by atoms with Crippen LogP contribution in [0.3, 0.4) is 0 Å². The molecule has 0 atom stereocenters. The minimum Gasteiger partial charge on any atom is -0.269 e. The Morgan fingerprint density at radius 2 is 3.00 bits per heavy atom. The highest BCUT2D eigenvalue weighted by atomic mass is 15.4. The highest BCUT2D eigenvalue weighted by Gasteiger charge is 1.57. The maximum Gasteiger partial charge on any atom is 0.138 e. The first-order valence-electron chi connectivity index (χ1n) is 4.54. The molecule has 0 rings (SSSR count). The van der Waals surface area contributed by atoms with E-state index in [0.717, 1.165) is 0 Å². The summed E-state index contributed by atoms with van der Waals surface area (Å²) < 4.78 is 53.3. The Hall–Kier alpha value is -0.0800. The number of hydrazine groups is 1. The van der Waals surface area contributed by atoms with Gasteiger partial charge in [-0.15, -0.1) is 0 Å². The topological polar surface area (TPSA) is 29.3 Å². The van der Waals surface area contributed by atoms with Crippen LogP contribution in [0, 0.1) is 0 Å². The van der Waals surface area contributed by atoms with Gasteiger partial charge in [0, 0.05) is 22.2 Å². The Labute approximate surface area is 37.5 Å². The first-order chi connectivity index (χ1) is 5.07. The van der Waals surface area contributed by atoms with Gasteiger partial charge in [-0.3, -0.25) is 10.8 Å². The lowest BCUT2D eigenvalue weighted by molar-refractivity contribution is 0.432. The molecule has 0 heterocycles. The molecule has 0 unspecified atom stereocenters. The third-order valence-electron chi connectivity index (χ3n) is 0. The fraction of sp³-hybridized carbons (Fsp3) is 1.00. The molecule has 2 nitrogen and oxygen atoms in total. The number of hydrogen-bond donors (Lipinski definition) is 1. The Bertz CT molecular complexity index is 130. The molecule has 0 aliphatic rings. The lowest BCUT2D eigenvalue weighted by Gasteiger charge is -1.91. The monoisotopic (exact) mass is 68.1 g/mol. The van der Waals surface area contributed by atoms with Gasteiger partial charge in [-0.1, -0.05) is 0 Å². The van der Waals surface area contributed by atoms with Crippen molar-refractivity contribution in [1.29, 1.82) is 0 Å². The van der Waals surface area contributed by atoms with E-state index in [0.29, 0.717) is 0 Å². The second kappa shape index (κ2) is 1.26. The summed E-state index contributed by atoms with van der Waals surface area (Å²) in [6.45, 7) is -6.01. The molecule has 0 aliphatic heterocycles. The lowest BCUT2D eigenvalue weighted by atomic mass is 11.2. The summed E-state index contributed by atoms with van der Waals surface area (Å²) in [6, 6.07) is 0. The zero-order chi connectivity index (χ0) is 10.2. The number of nitrogens with zero attached hydrogens (tertiary/aromatic N) is 1. The van der Waals surface area contributed by atoms with Crippen molar-refractivity contribution in [3.05, 3.63) is 0 Å². The largest absolute Gasteiger partial charge is 0.269 e. The van der Waals surface area contributed by atoms with Gasteiger partial charge in [0.2, 0.25) is 0 Å². The van der Waals surface area contributed by atoms with Crippen LogP contribution in [0.1, 0.15) is 8.22 Å². The van der Waals surface area contributed by atoms with Gasteiger partial charge >= 0.3 is 0 Å². The molecule has 0 amide bonds. The molecule has 0 bridgehead atoms. The average molecular weight is 68.1 g/mol. The highest BCUT2D eigenvalue weighted by molar-refractivity contribution is 4.01. The zero-order valence-electron chi connectivity index (χ0n) is 9.89. The van der Waals surface area contributed by atoms with Crippen molar-refractivity contribution in [2.45, 2.75) is 0 Å². The first kappa shape index (κ1) is 0.280. The van der Waals surface area contributed by atoms with Gasteiger partial charge in [0.15, 0.2) is 0 Å². The van der Waals surface area contributed by atoms with Crippen molar-refractivity contribution in [1.82, 2.24) is 5.01 Å². The molecule has 2 N–H and O–H groups in total. The molecular weight excluding hydrogens is 52.0 g/mol. The van der Waals surface area contributed by atoms with Gasteiger partial charge in [0.05, 0.1) is 0 Å². The normalized spacial score (nSPS) is 45.5. The van der Waals surface area contributed by atoms with E-state index in [1.54, 1.807) is 0 Å². The van der Waals surface area contributed by atoms with Crippen molar-refractivity contribution in [2.24, 2.45) is 5.83 Å². The fourth-order valence-corrected chi connectivity index (χ4v) is 0. The quantitative estimate of drug-likeness (QED) is 0.329. The van der Waals surface area contributed by atoms with E-state index in [9.17, 15) is 0 Å². The van der Waals surface area contributed by atoms with E-state index in [4.69, 9.17) is 11.0 Å². The molecule has 4 heavy (non-hydrogen) atoms. The SMILES string of the molecule is [2H]N([2H])N(C([2H])([2H])[2H])C([2H])([2H])[2H]. The molecule has 0 aromatic rings. The molecule has 26 valence electrons. The van der Waals surface area contributed by atoms with E-state index in [1.165, 1.54) is 0 Å². The summed E-state index contributed by atoms with van der Waals surface area (Å²) in [5.74, 6) is -0.458. The Morgan fingerprint density at radius 3 is 3.00 bits per heavy atom. The van der Waals surface area contributed by atoms with Crippen molar-refractivity contribution < 1.29 is 11.0 Å². The molecule has 0 spiro atoms. The Morgan fingerprint density at radius 1 is 2.25 bits per heavy atom. The van der Waals surface area contributed by atoms with E-state index in [2.05, 4.69) is 0 Å². The minimum absolute atomic E-state index is 0.292. The molecular formula is C2H8N2. The molecule has 0 saturated carbocycles. The highest BCUT2D eigenvalue weighted by Crippen LogP contribution is 1.37. The first-order valence-corrected chi connectivity index (χ1v) is 0.647. The van der Waals surface area contributed by atoms with E-state index < -0.39 is 19.8 Å². The molecule has 2 heteroatoms. The molecule has 0 aromatic carbocycles. The zero-order valence-corrected chi connectivity index (χ0v) is 1.89. The summed E-state index contributed by atoms with van der Waals surface area (Å²) in [6.07, 6.45) is 0. The van der Waals surface area contributed by atoms with Crippen molar-refractivity contribution in [3.8, 4) is 0 Å². The molecule has 0 aromatic heterocycles. The maximum absolute atomic E-state index is 6.69. The predicted octanol–water partition coefficient (Wildman–Crippen LogP) is -0.578. The smallest absolute Gasteiger partial charge is 0.138 e. The van der Waals surface area contributed by atoms with Crippen LogP contribution in [0.4, 0.5) is 0 Å². The molecule has 0 aliphatic carbocycles. The third-order valence-corrected chi connectivity index (χ3v) is 0. The maximum atomic E-state index is 6.69. The summed E-state index contributed by atoms with van der Waals surface area (Å²) in [5, 5.41) is -0.292. The van der Waals surface area contributed by atoms with E-state index in [-0.39, 0.29) is 5.01 Å². The van der Waals surface area contributed by atoms with E-state index >= 15 is 0 Å². The Balaban J connectivity index is 4.70. The second-order valence-electron chi connectivity index (χ2n) is 0.312. The van der Waals surface area contributed by atoms with Gasteiger partial charge in [-0.25, -0.2) is 0 Å². The van der Waals surface area contributed by atoms with Crippen LogP contribution in [0.25, 0.3) is 0 Å². The predicted molar refractivity (Wildman–Crippen MR) is 17.9 cm³/mol. The number of nitrogens with two attached hydrogens (primary N) is 1. The fourth-order valence-electron chi connectivity index (χ4n) is 0. The Kier molecular flexibility index (Phi) is 0.0885. The van der Waals surface area contributed by atoms with Crippen LogP contribution >= 0.6 is 0 Å². The molecule has 0 saturated heterocycles. The van der Waals surface area contributed by atoms with Gasteiger partial charge < -0.3 is 0 Å². The van der Waals surface area contributed by atoms with Gasteiger partial charge in [-0.05, 0) is 0 Å². The summed E-state index contributed by atoms with van der Waals surface area (Å²) in [5.41, 5.74) is 0. The van der Waals surface area contributed by atoms with Gasteiger partial charge in [0.1, 0.15) is 2.82 Å². The molecule has 0 radical (unpaired) electrons. The van der Waals surface area contributed by atoms with Crippen LogP contribution in [-0.2, 0) is 0 Å². The van der Waals surface area contributed by atoms with Gasteiger partial charge in [0.25, 0.3) is 0 Å². The summed E-state index contributed by atoms with van der Waals surface area (Å²) in [7, 11) is 0. The molecule has 0 fully saturated rings. The van der Waals surface area contributed by atoms with Crippen LogP contribution in [-0.4, -0.2) is 19.0 Å². The van der Waals surface area contributed by atoms with Crippen molar-refractivity contribution in [2.75, 3.05) is 14.0 Å². The number of hydrogen-bond acceptors (Lipinski definition) is 2. The van der Waals surface area contributed by atoms with Gasteiger partial charge in [-0.2, -0.15) is 0 Å². The number of rotatable bonds is 1. The van der Waals surface area contributed by atoms with Crippen LogP contribution in [0.2, 0.25) is 2.82 Å². The van der Waals surface area contributed by atoms with Crippen LogP contribution in [0.5, 0.6) is 0 Å². The van der Waals surface area contributed by atoms with Crippen molar-refractivity contribution >= 4 is 0 Å². The standard InChI is InChI=1S/C2H8N2/c1-4(2)3/h3H2,1-2H3/i1D3,2D3/hD2. The summed E-state index contributed by atoms with van der Waals surface area (Å²) >= 11 is 0. The van der Waals surface area contributed by atoms with E-state index in [1.807, 2.05) is 0 Å². The second-order valence-corrected chi connectivity index (χ2v) is 0.312. The average Bonchev–Trinajstić information content (AvgIpc) is 1.49.